The molecule has 0 saturated carbocycles. The summed E-state index contributed by atoms with van der Waals surface area (Å²) in [5, 5.41) is 0. The summed E-state index contributed by atoms with van der Waals surface area (Å²) in [5.41, 5.74) is -0.445. The number of carbonyl (C=O) groups excluding carboxylic acids is 1. The van der Waals surface area contributed by atoms with Crippen molar-refractivity contribution in [3.63, 3.8) is 0 Å². The van der Waals surface area contributed by atoms with Gasteiger partial charge in [-0.25, -0.2) is 0 Å². The molecule has 0 amide bonds. The maximum absolute atomic E-state index is 12.2. The van der Waals surface area contributed by atoms with E-state index in [1.165, 1.54) is 0 Å². The van der Waals surface area contributed by atoms with E-state index < -0.39 is 5.41 Å². The molecular weight excluding hydrogens is 204 g/mol. The second-order valence-electron chi connectivity index (χ2n) is 5.48. The van der Waals surface area contributed by atoms with Crippen LogP contribution in [0.1, 0.15) is 47.5 Å². The molecule has 0 aromatic heterocycles. The molecule has 1 rings (SSSR count). The van der Waals surface area contributed by atoms with Crippen LogP contribution in [0.15, 0.2) is 0 Å². The summed E-state index contributed by atoms with van der Waals surface area (Å²) in [6.45, 7) is 11.6. The first-order valence-electron chi connectivity index (χ1n) is 6.16. The van der Waals surface area contributed by atoms with E-state index in [-0.39, 0.29) is 17.5 Å². The Kier molecular flexibility index (Phi) is 4.00. The Morgan fingerprint density at radius 2 is 1.88 bits per heavy atom. The Hall–Kier alpha value is -0.570. The highest BCUT2D eigenvalue weighted by molar-refractivity contribution is 5.77. The number of hydrogen-bond acceptors (Lipinski definition) is 3. The fourth-order valence-electron chi connectivity index (χ4n) is 1.78. The van der Waals surface area contributed by atoms with Gasteiger partial charge in [-0.3, -0.25) is 4.79 Å². The van der Waals surface area contributed by atoms with Crippen molar-refractivity contribution in [3.8, 4) is 0 Å². The number of epoxide rings is 1. The number of carbonyl (C=O) groups is 1. The molecule has 1 heterocycles. The summed E-state index contributed by atoms with van der Waals surface area (Å²) in [7, 11) is 0. The molecule has 3 heteroatoms. The van der Waals surface area contributed by atoms with Gasteiger partial charge in [-0.15, -0.1) is 0 Å². The Labute approximate surface area is 98.5 Å². The third-order valence-corrected chi connectivity index (χ3v) is 4.34. The molecule has 1 fully saturated rings. The Balaban J connectivity index is 2.65. The van der Waals surface area contributed by atoms with Crippen molar-refractivity contribution in [2.45, 2.75) is 53.6 Å². The topological polar surface area (TPSA) is 38.8 Å². The maximum atomic E-state index is 12.2. The fraction of sp³-hybridized carbons (Fsp3) is 0.923. The minimum atomic E-state index is -0.406. The van der Waals surface area contributed by atoms with E-state index in [2.05, 4.69) is 20.8 Å². The molecule has 2 unspecified atom stereocenters. The van der Waals surface area contributed by atoms with Gasteiger partial charge in [0.05, 0.1) is 12.0 Å². The van der Waals surface area contributed by atoms with Gasteiger partial charge in [0.1, 0.15) is 12.7 Å². The lowest BCUT2D eigenvalue weighted by atomic mass is 9.64. The van der Waals surface area contributed by atoms with Crippen LogP contribution in [-0.2, 0) is 14.3 Å². The van der Waals surface area contributed by atoms with Gasteiger partial charge in [0.2, 0.25) is 0 Å². The molecule has 0 bridgehead atoms. The van der Waals surface area contributed by atoms with Crippen LogP contribution >= 0.6 is 0 Å². The van der Waals surface area contributed by atoms with Gasteiger partial charge in [-0.2, -0.15) is 0 Å². The summed E-state index contributed by atoms with van der Waals surface area (Å²) in [5.74, 6) is -0.0858. The van der Waals surface area contributed by atoms with Crippen LogP contribution in [0.2, 0.25) is 0 Å². The van der Waals surface area contributed by atoms with Crippen molar-refractivity contribution >= 4 is 5.97 Å². The van der Waals surface area contributed by atoms with E-state index in [0.717, 1.165) is 19.4 Å². The molecule has 0 aromatic carbocycles. The molecule has 0 radical (unpaired) electrons. The van der Waals surface area contributed by atoms with Crippen LogP contribution in [0.25, 0.3) is 0 Å². The molecule has 0 aromatic rings. The predicted molar refractivity (Wildman–Crippen MR) is 63.2 cm³/mol. The molecule has 94 valence electrons. The number of esters is 1. The molecule has 0 aliphatic carbocycles. The highest BCUT2D eigenvalue weighted by Gasteiger charge is 2.46. The standard InChI is InChI=1S/C13H24O3/c1-6-12(3,4)13(5,7-2)11(14)16-9-10-8-15-10/h10H,6-9H2,1-5H3. The smallest absolute Gasteiger partial charge is 0.312 e. The van der Waals surface area contributed by atoms with E-state index in [1.807, 2.05) is 13.8 Å². The molecule has 16 heavy (non-hydrogen) atoms. The summed E-state index contributed by atoms with van der Waals surface area (Å²) in [6, 6.07) is 0. The molecule has 3 nitrogen and oxygen atoms in total. The van der Waals surface area contributed by atoms with E-state index in [4.69, 9.17) is 9.47 Å². The molecule has 0 N–H and O–H groups in total. The van der Waals surface area contributed by atoms with Crippen LogP contribution in [-0.4, -0.2) is 25.3 Å². The van der Waals surface area contributed by atoms with E-state index in [1.54, 1.807) is 0 Å². The summed E-state index contributed by atoms with van der Waals surface area (Å²) >= 11 is 0. The molecule has 2 atom stereocenters. The average molecular weight is 228 g/mol. The second kappa shape index (κ2) is 4.74. The van der Waals surface area contributed by atoms with Gasteiger partial charge in [0.25, 0.3) is 0 Å². The number of hydrogen-bond donors (Lipinski definition) is 0. The molecule has 1 saturated heterocycles. The van der Waals surface area contributed by atoms with Gasteiger partial charge in [-0.1, -0.05) is 27.7 Å². The molecule has 1 aliphatic heterocycles. The van der Waals surface area contributed by atoms with Crippen LogP contribution in [0.5, 0.6) is 0 Å². The van der Waals surface area contributed by atoms with Gasteiger partial charge in [0, 0.05) is 0 Å². The second-order valence-corrected chi connectivity index (χ2v) is 5.48. The van der Waals surface area contributed by atoms with Crippen LogP contribution < -0.4 is 0 Å². The van der Waals surface area contributed by atoms with Crippen molar-refractivity contribution in [2.24, 2.45) is 10.8 Å². The third kappa shape index (κ3) is 2.57. The van der Waals surface area contributed by atoms with Gasteiger partial charge in [0.15, 0.2) is 0 Å². The van der Waals surface area contributed by atoms with Crippen molar-refractivity contribution in [1.29, 1.82) is 0 Å². The SMILES string of the molecule is CCC(C)(C)C(C)(CC)C(=O)OCC1CO1. The van der Waals surface area contributed by atoms with E-state index in [0.29, 0.717) is 6.61 Å². The van der Waals surface area contributed by atoms with Crippen molar-refractivity contribution < 1.29 is 14.3 Å². The predicted octanol–water partition coefficient (Wildman–Crippen LogP) is 2.78. The van der Waals surface area contributed by atoms with E-state index >= 15 is 0 Å². The van der Waals surface area contributed by atoms with Crippen LogP contribution in [0.4, 0.5) is 0 Å². The zero-order valence-corrected chi connectivity index (χ0v) is 11.1. The molecule has 1 aliphatic rings. The fourth-order valence-corrected chi connectivity index (χ4v) is 1.78. The first kappa shape index (κ1) is 13.5. The lowest BCUT2D eigenvalue weighted by Gasteiger charge is -2.41. The Morgan fingerprint density at radius 3 is 2.25 bits per heavy atom. The Morgan fingerprint density at radius 1 is 1.31 bits per heavy atom. The quantitative estimate of drug-likeness (QED) is 0.518. The van der Waals surface area contributed by atoms with Crippen molar-refractivity contribution in [2.75, 3.05) is 13.2 Å². The number of rotatable bonds is 6. The minimum Gasteiger partial charge on any atom is -0.462 e. The first-order valence-corrected chi connectivity index (χ1v) is 6.16. The van der Waals surface area contributed by atoms with Crippen molar-refractivity contribution in [3.05, 3.63) is 0 Å². The normalized spacial score (nSPS) is 23.7. The minimum absolute atomic E-state index is 0.0385. The van der Waals surface area contributed by atoms with Crippen molar-refractivity contribution in [1.82, 2.24) is 0 Å². The third-order valence-electron chi connectivity index (χ3n) is 4.34. The highest BCUT2D eigenvalue weighted by Crippen LogP contribution is 2.45. The summed E-state index contributed by atoms with van der Waals surface area (Å²) in [4.78, 5) is 12.2. The zero-order valence-electron chi connectivity index (χ0n) is 11.1. The van der Waals surface area contributed by atoms with Gasteiger partial charge >= 0.3 is 5.97 Å². The van der Waals surface area contributed by atoms with Crippen LogP contribution in [0, 0.1) is 10.8 Å². The summed E-state index contributed by atoms with van der Waals surface area (Å²) < 4.78 is 10.4. The zero-order chi connectivity index (χ0) is 12.4. The highest BCUT2D eigenvalue weighted by atomic mass is 16.6. The Bertz CT molecular complexity index is 256. The first-order chi connectivity index (χ1) is 7.37. The van der Waals surface area contributed by atoms with Gasteiger partial charge in [-0.05, 0) is 25.2 Å². The summed E-state index contributed by atoms with van der Waals surface area (Å²) in [6.07, 6.45) is 1.92. The van der Waals surface area contributed by atoms with Gasteiger partial charge < -0.3 is 9.47 Å². The van der Waals surface area contributed by atoms with E-state index in [9.17, 15) is 4.79 Å². The lowest BCUT2D eigenvalue weighted by molar-refractivity contribution is -0.163. The lowest BCUT2D eigenvalue weighted by Crippen LogP contribution is -2.43. The largest absolute Gasteiger partial charge is 0.462 e. The monoisotopic (exact) mass is 228 g/mol. The van der Waals surface area contributed by atoms with Crippen LogP contribution in [0.3, 0.4) is 0 Å². The number of ether oxygens (including phenoxy) is 2. The maximum Gasteiger partial charge on any atom is 0.312 e. The molecule has 0 spiro atoms. The molecular formula is C13H24O3. The average Bonchev–Trinajstić information content (AvgIpc) is 3.08.